The van der Waals surface area contributed by atoms with Crippen molar-refractivity contribution in [3.8, 4) is 11.5 Å². The van der Waals surface area contributed by atoms with Crippen molar-refractivity contribution in [2.75, 3.05) is 13.7 Å². The van der Waals surface area contributed by atoms with E-state index in [1.54, 1.807) is 24.3 Å². The van der Waals surface area contributed by atoms with E-state index < -0.39 is 10.0 Å². The van der Waals surface area contributed by atoms with Crippen molar-refractivity contribution in [2.45, 2.75) is 18.4 Å². The van der Waals surface area contributed by atoms with Crippen LogP contribution in [-0.2, 0) is 16.6 Å². The molecule has 1 heterocycles. The summed E-state index contributed by atoms with van der Waals surface area (Å²) in [4.78, 5) is 13.9. The van der Waals surface area contributed by atoms with E-state index in [0.717, 1.165) is 16.9 Å². The Morgan fingerprint density at radius 2 is 1.96 bits per heavy atom. The van der Waals surface area contributed by atoms with Gasteiger partial charge in [-0.2, -0.15) is 0 Å². The Morgan fingerprint density at radius 1 is 1.15 bits per heavy atom. The summed E-state index contributed by atoms with van der Waals surface area (Å²) in [6, 6.07) is 9.79. The first-order valence-corrected chi connectivity index (χ1v) is 10.1. The van der Waals surface area contributed by atoms with E-state index in [-0.39, 0.29) is 16.3 Å². The fourth-order valence-corrected chi connectivity index (χ4v) is 4.35. The Labute approximate surface area is 154 Å². The van der Waals surface area contributed by atoms with Crippen LogP contribution in [0.2, 0.25) is 0 Å². The molecule has 0 atom stereocenters. The smallest absolute Gasteiger partial charge is 0.305 e. The zero-order valence-corrected chi connectivity index (χ0v) is 15.9. The summed E-state index contributed by atoms with van der Waals surface area (Å²) < 4.78 is 38.9. The van der Waals surface area contributed by atoms with Crippen molar-refractivity contribution in [3.63, 3.8) is 0 Å². The Kier molecular flexibility index (Phi) is 5.30. The molecule has 0 aliphatic rings. The second-order valence-corrected chi connectivity index (χ2v) is 8.20. The molecule has 0 spiro atoms. The van der Waals surface area contributed by atoms with Crippen molar-refractivity contribution in [1.82, 2.24) is 9.71 Å². The van der Waals surface area contributed by atoms with E-state index in [0.29, 0.717) is 28.3 Å². The van der Waals surface area contributed by atoms with Crippen LogP contribution in [0.25, 0.3) is 10.2 Å². The summed E-state index contributed by atoms with van der Waals surface area (Å²) in [5, 5.41) is 0. The van der Waals surface area contributed by atoms with Gasteiger partial charge >= 0.3 is 4.87 Å². The number of aromatic nitrogens is 1. The summed E-state index contributed by atoms with van der Waals surface area (Å²) in [5.41, 5.74) is 1.36. The number of nitrogens with one attached hydrogen (secondary N) is 2. The molecule has 26 heavy (non-hydrogen) atoms. The first-order chi connectivity index (χ1) is 12.4. The normalized spacial score (nSPS) is 11.6. The Balaban J connectivity index is 1.79. The summed E-state index contributed by atoms with van der Waals surface area (Å²) in [6.45, 7) is 2.49. The maximum Gasteiger partial charge on any atom is 0.305 e. The van der Waals surface area contributed by atoms with E-state index in [1.165, 1.54) is 19.2 Å². The van der Waals surface area contributed by atoms with Gasteiger partial charge in [-0.05, 0) is 42.8 Å². The summed E-state index contributed by atoms with van der Waals surface area (Å²) >= 11 is 0.974. The van der Waals surface area contributed by atoms with Crippen LogP contribution in [0.3, 0.4) is 0 Å². The number of hydrogen-bond donors (Lipinski definition) is 2. The number of benzene rings is 2. The number of aromatic amines is 1. The van der Waals surface area contributed by atoms with Gasteiger partial charge in [-0.15, -0.1) is 0 Å². The van der Waals surface area contributed by atoms with Gasteiger partial charge in [-0.3, -0.25) is 4.79 Å². The predicted octanol–water partition coefficient (Wildman–Crippen LogP) is 2.48. The maximum absolute atomic E-state index is 12.5. The highest BCUT2D eigenvalue weighted by Crippen LogP contribution is 2.28. The van der Waals surface area contributed by atoms with Gasteiger partial charge in [0.15, 0.2) is 11.5 Å². The molecule has 0 unspecified atom stereocenters. The number of H-pyrrole nitrogens is 1. The van der Waals surface area contributed by atoms with E-state index >= 15 is 0 Å². The van der Waals surface area contributed by atoms with Crippen molar-refractivity contribution < 1.29 is 17.9 Å². The van der Waals surface area contributed by atoms with Gasteiger partial charge in [0.05, 0.1) is 28.8 Å². The van der Waals surface area contributed by atoms with Gasteiger partial charge in [0, 0.05) is 6.54 Å². The lowest BCUT2D eigenvalue weighted by molar-refractivity contribution is 0.310. The van der Waals surface area contributed by atoms with Crippen LogP contribution in [0.15, 0.2) is 46.1 Å². The highest BCUT2D eigenvalue weighted by atomic mass is 32.2. The lowest BCUT2D eigenvalue weighted by atomic mass is 10.2. The molecular formula is C17H18N2O5S2. The average molecular weight is 394 g/mol. The first-order valence-electron chi connectivity index (χ1n) is 7.85. The summed E-state index contributed by atoms with van der Waals surface area (Å²) in [7, 11) is -2.18. The molecule has 2 N–H and O–H groups in total. The van der Waals surface area contributed by atoms with Crippen molar-refractivity contribution >= 4 is 31.6 Å². The molecule has 0 bridgehead atoms. The number of thiazole rings is 1. The minimum atomic E-state index is -3.71. The van der Waals surface area contributed by atoms with Crippen LogP contribution in [0, 0.1) is 0 Å². The largest absolute Gasteiger partial charge is 0.493 e. The summed E-state index contributed by atoms with van der Waals surface area (Å²) in [6.07, 6.45) is 0. The zero-order valence-electron chi connectivity index (χ0n) is 14.2. The third kappa shape index (κ3) is 3.90. The molecule has 1 aromatic heterocycles. The minimum Gasteiger partial charge on any atom is -0.493 e. The van der Waals surface area contributed by atoms with Crippen LogP contribution in [0.1, 0.15) is 12.5 Å². The first kappa shape index (κ1) is 18.4. The molecule has 3 rings (SSSR count). The van der Waals surface area contributed by atoms with E-state index in [2.05, 4.69) is 9.71 Å². The Morgan fingerprint density at radius 3 is 2.69 bits per heavy atom. The van der Waals surface area contributed by atoms with Gasteiger partial charge < -0.3 is 14.5 Å². The Bertz CT molecular complexity index is 1090. The second kappa shape index (κ2) is 7.48. The highest BCUT2D eigenvalue weighted by Gasteiger charge is 2.16. The molecule has 7 nitrogen and oxygen atoms in total. The molecule has 138 valence electrons. The lowest BCUT2D eigenvalue weighted by Gasteiger charge is -2.12. The molecule has 0 radical (unpaired) electrons. The second-order valence-electron chi connectivity index (χ2n) is 5.42. The molecule has 2 aromatic carbocycles. The average Bonchev–Trinajstić information content (AvgIpc) is 3.00. The molecule has 0 aliphatic carbocycles. The van der Waals surface area contributed by atoms with Crippen LogP contribution in [0.5, 0.6) is 11.5 Å². The number of methoxy groups -OCH3 is 1. The molecule has 3 aromatic rings. The molecule has 0 amide bonds. The molecule has 0 saturated heterocycles. The van der Waals surface area contributed by atoms with Gasteiger partial charge in [-0.1, -0.05) is 17.4 Å². The number of hydrogen-bond acceptors (Lipinski definition) is 6. The third-order valence-corrected chi connectivity index (χ3v) is 5.94. The van der Waals surface area contributed by atoms with Crippen LogP contribution >= 0.6 is 11.3 Å². The van der Waals surface area contributed by atoms with Crippen molar-refractivity contribution in [3.05, 3.63) is 51.6 Å². The highest BCUT2D eigenvalue weighted by molar-refractivity contribution is 7.89. The summed E-state index contributed by atoms with van der Waals surface area (Å²) in [5.74, 6) is 1.15. The molecular weight excluding hydrogens is 376 g/mol. The zero-order chi connectivity index (χ0) is 18.7. The third-order valence-electron chi connectivity index (χ3n) is 3.70. The number of ether oxygens (including phenoxy) is 2. The van der Waals surface area contributed by atoms with Crippen LogP contribution in [0.4, 0.5) is 0 Å². The maximum atomic E-state index is 12.5. The van der Waals surface area contributed by atoms with E-state index in [9.17, 15) is 13.2 Å². The van der Waals surface area contributed by atoms with Crippen molar-refractivity contribution in [1.29, 1.82) is 0 Å². The van der Waals surface area contributed by atoms with Crippen molar-refractivity contribution in [2.24, 2.45) is 0 Å². The fraction of sp³-hybridized carbons (Fsp3) is 0.235. The molecule has 9 heteroatoms. The van der Waals surface area contributed by atoms with Crippen LogP contribution < -0.4 is 19.1 Å². The number of rotatable bonds is 7. The van der Waals surface area contributed by atoms with Gasteiger partial charge in [0.25, 0.3) is 0 Å². The van der Waals surface area contributed by atoms with E-state index in [1.807, 2.05) is 6.92 Å². The topological polar surface area (TPSA) is 97.5 Å². The number of sulfonamides is 1. The molecule has 0 saturated carbocycles. The van der Waals surface area contributed by atoms with Gasteiger partial charge in [0.1, 0.15) is 0 Å². The number of fused-ring (bicyclic) bond motifs is 1. The standard InChI is InChI=1S/C17H18N2O5S2/c1-3-24-14-7-4-11(8-15(14)23-2)10-18-26(21,22)12-5-6-13-16(9-12)25-17(20)19-13/h4-9,18H,3,10H2,1-2H3,(H,19,20). The molecule has 0 aliphatic heterocycles. The lowest BCUT2D eigenvalue weighted by Crippen LogP contribution is -2.23. The van der Waals surface area contributed by atoms with Crippen LogP contribution in [-0.4, -0.2) is 27.1 Å². The Hall–Kier alpha value is -2.36. The predicted molar refractivity (Wildman–Crippen MR) is 101 cm³/mol. The minimum absolute atomic E-state index is 0.104. The van der Waals surface area contributed by atoms with Gasteiger partial charge in [0.2, 0.25) is 10.0 Å². The fourth-order valence-electron chi connectivity index (χ4n) is 2.45. The monoisotopic (exact) mass is 394 g/mol. The van der Waals surface area contributed by atoms with Gasteiger partial charge in [-0.25, -0.2) is 13.1 Å². The SMILES string of the molecule is CCOc1ccc(CNS(=O)(=O)c2ccc3[nH]c(=O)sc3c2)cc1OC. The molecule has 0 fully saturated rings. The quantitative estimate of drug-likeness (QED) is 0.642. The van der Waals surface area contributed by atoms with E-state index in [4.69, 9.17) is 9.47 Å².